The highest BCUT2D eigenvalue weighted by Gasteiger charge is 2.19. The lowest BCUT2D eigenvalue weighted by molar-refractivity contribution is -0.463. The fourth-order valence-electron chi connectivity index (χ4n) is 1.17. The summed E-state index contributed by atoms with van der Waals surface area (Å²) in [6.07, 6.45) is 4.71. The Morgan fingerprint density at radius 1 is 1.75 bits per heavy atom. The van der Waals surface area contributed by atoms with Crippen LogP contribution in [0.3, 0.4) is 0 Å². The zero-order valence-electron chi connectivity index (χ0n) is 8.69. The van der Waals surface area contributed by atoms with Crippen molar-refractivity contribution in [2.24, 2.45) is 0 Å². The number of nitrogens with zero attached hydrogens (tertiary/aromatic N) is 3. The highest BCUT2D eigenvalue weighted by molar-refractivity contribution is 7.78. The van der Waals surface area contributed by atoms with Gasteiger partial charge in [-0.05, 0) is 13.0 Å². The van der Waals surface area contributed by atoms with Crippen LogP contribution >= 0.6 is 11.6 Å². The van der Waals surface area contributed by atoms with Crippen molar-refractivity contribution in [2.45, 2.75) is 13.0 Å². The summed E-state index contributed by atoms with van der Waals surface area (Å²) in [6, 6.07) is 0.750. The lowest BCUT2D eigenvalue weighted by Gasteiger charge is -2.08. The molecule has 0 saturated carbocycles. The minimum atomic E-state index is -1.21. The Morgan fingerprint density at radius 2 is 2.38 bits per heavy atom. The Morgan fingerprint density at radius 3 is 2.81 bits per heavy atom. The van der Waals surface area contributed by atoms with Gasteiger partial charge in [0.1, 0.15) is 17.0 Å². The zero-order chi connectivity index (χ0) is 12.3. The summed E-state index contributed by atoms with van der Waals surface area (Å²) in [7, 11) is -1.21. The van der Waals surface area contributed by atoms with Crippen LogP contribution in [0.4, 0.5) is 4.39 Å². The van der Waals surface area contributed by atoms with Gasteiger partial charge in [-0.2, -0.15) is 0 Å². The molecule has 0 spiro atoms. The molecule has 0 saturated heterocycles. The van der Waals surface area contributed by atoms with Gasteiger partial charge in [-0.1, -0.05) is 11.6 Å². The van der Waals surface area contributed by atoms with Gasteiger partial charge in [0.25, 0.3) is 0 Å². The molecule has 0 aliphatic heterocycles. The molecule has 86 valence electrons. The van der Waals surface area contributed by atoms with Crippen molar-refractivity contribution in [3.8, 4) is 6.19 Å². The normalized spacial score (nSPS) is 15.1. The third-order valence-corrected chi connectivity index (χ3v) is 3.28. The van der Waals surface area contributed by atoms with Gasteiger partial charge in [0.05, 0.1) is 0 Å². The highest BCUT2D eigenvalue weighted by atomic mass is 35.5. The number of rotatable bonds is 2. The molecule has 2 unspecified atom stereocenters. The van der Waals surface area contributed by atoms with Gasteiger partial charge in [0, 0.05) is 18.0 Å². The number of pyridine rings is 1. The van der Waals surface area contributed by atoms with Crippen LogP contribution in [0.25, 0.3) is 0 Å². The second kappa shape index (κ2) is 5.34. The second-order valence-electron chi connectivity index (χ2n) is 3.09. The molecular formula is C9H10ClFN3OS+. The van der Waals surface area contributed by atoms with E-state index in [2.05, 4.69) is 4.98 Å². The van der Waals surface area contributed by atoms with E-state index in [-0.39, 0.29) is 5.15 Å². The fourth-order valence-corrected chi connectivity index (χ4v) is 1.98. The maximum Gasteiger partial charge on any atom is 0.468 e. The molecule has 0 aliphatic rings. The first kappa shape index (κ1) is 13.0. The van der Waals surface area contributed by atoms with Gasteiger partial charge in [-0.3, -0.25) is 0 Å². The number of aromatic nitrogens is 1. The summed E-state index contributed by atoms with van der Waals surface area (Å²) in [5, 5.41) is 8.63. The summed E-state index contributed by atoms with van der Waals surface area (Å²) in [5.74, 6) is -0.641. The molecule has 0 bridgehead atoms. The minimum Gasteiger partial charge on any atom is -0.306 e. The SMILES string of the molecule is CC(c1cnc(Cl)c(F)c1)[N+](C#N)=S(C)O. The van der Waals surface area contributed by atoms with Crippen molar-refractivity contribution in [3.63, 3.8) is 0 Å². The summed E-state index contributed by atoms with van der Waals surface area (Å²) < 4.78 is 23.7. The molecule has 1 heterocycles. The van der Waals surface area contributed by atoms with Crippen LogP contribution in [0.1, 0.15) is 18.5 Å². The molecular weight excluding hydrogens is 253 g/mol. The molecule has 7 heteroatoms. The number of hydrogen-bond donors (Lipinski definition) is 1. The van der Waals surface area contributed by atoms with Crippen LogP contribution in [0.15, 0.2) is 12.3 Å². The maximum absolute atomic E-state index is 13.2. The number of halogens is 2. The second-order valence-corrected chi connectivity index (χ2v) is 4.73. The Balaban J connectivity index is 3.16. The van der Waals surface area contributed by atoms with Gasteiger partial charge in [-0.25, -0.2) is 9.37 Å². The monoisotopic (exact) mass is 262 g/mol. The molecule has 0 aromatic carbocycles. The van der Waals surface area contributed by atoms with E-state index in [9.17, 15) is 8.94 Å². The van der Waals surface area contributed by atoms with Crippen molar-refractivity contribution in [3.05, 3.63) is 28.8 Å². The van der Waals surface area contributed by atoms with E-state index < -0.39 is 22.8 Å². The lowest BCUT2D eigenvalue weighted by Crippen LogP contribution is -2.15. The fraction of sp³-hybridized carbons (Fsp3) is 0.333. The molecule has 1 aromatic heterocycles. The number of nitriles is 1. The molecule has 0 fully saturated rings. The van der Waals surface area contributed by atoms with E-state index in [0.29, 0.717) is 5.56 Å². The molecule has 0 aliphatic carbocycles. The van der Waals surface area contributed by atoms with E-state index in [1.807, 2.05) is 6.19 Å². The van der Waals surface area contributed by atoms with Crippen molar-refractivity contribution in [1.29, 1.82) is 5.26 Å². The van der Waals surface area contributed by atoms with E-state index >= 15 is 0 Å². The summed E-state index contributed by atoms with van der Waals surface area (Å²) in [6.45, 7) is 1.67. The quantitative estimate of drug-likeness (QED) is 0.385. The first-order chi connectivity index (χ1) is 7.47. The van der Waals surface area contributed by atoms with Crippen molar-refractivity contribution < 1.29 is 12.9 Å². The molecule has 1 N–H and O–H groups in total. The summed E-state index contributed by atoms with van der Waals surface area (Å²) in [4.78, 5) is 3.65. The molecule has 16 heavy (non-hydrogen) atoms. The molecule has 1 rings (SSSR count). The van der Waals surface area contributed by atoms with E-state index in [1.54, 1.807) is 6.92 Å². The Bertz CT molecular complexity index is 482. The van der Waals surface area contributed by atoms with Crippen LogP contribution in [0.2, 0.25) is 5.15 Å². The van der Waals surface area contributed by atoms with Gasteiger partial charge >= 0.3 is 6.19 Å². The minimum absolute atomic E-state index is 0.209. The summed E-state index contributed by atoms with van der Waals surface area (Å²) in [5.41, 5.74) is 0.483. The van der Waals surface area contributed by atoms with Gasteiger partial charge in [0.2, 0.25) is 0 Å². The number of hydrogen-bond acceptors (Lipinski definition) is 2. The smallest absolute Gasteiger partial charge is 0.306 e. The van der Waals surface area contributed by atoms with Crippen LogP contribution < -0.4 is 0 Å². The third kappa shape index (κ3) is 2.76. The standard InChI is InChI=1S/C9H9ClFN3OS/c1-6(14(5-12)16(2)15)7-3-8(11)9(10)13-4-7/h3-4,6H,1-2H3/p+1. The lowest BCUT2D eigenvalue weighted by atomic mass is 10.1. The van der Waals surface area contributed by atoms with E-state index in [0.717, 1.165) is 3.95 Å². The first-order valence-corrected chi connectivity index (χ1v) is 6.25. The van der Waals surface area contributed by atoms with Gasteiger partial charge in [-0.15, -0.1) is 3.95 Å². The highest BCUT2D eigenvalue weighted by Crippen LogP contribution is 2.20. The molecule has 0 radical (unpaired) electrons. The van der Waals surface area contributed by atoms with Crippen molar-refractivity contribution in [1.82, 2.24) is 4.98 Å². The van der Waals surface area contributed by atoms with Crippen molar-refractivity contribution in [2.75, 3.05) is 6.26 Å². The third-order valence-electron chi connectivity index (χ3n) is 2.03. The summed E-state index contributed by atoms with van der Waals surface area (Å²) >= 11 is 5.45. The van der Waals surface area contributed by atoms with E-state index in [4.69, 9.17) is 16.9 Å². The Kier molecular flexibility index (Phi) is 4.35. The van der Waals surface area contributed by atoms with Crippen LogP contribution in [0.5, 0.6) is 0 Å². The Hall–Kier alpha value is -1.03. The molecule has 1 aromatic rings. The molecule has 2 atom stereocenters. The molecule has 4 nitrogen and oxygen atoms in total. The maximum atomic E-state index is 13.2. The largest absolute Gasteiger partial charge is 0.468 e. The first-order valence-electron chi connectivity index (χ1n) is 4.32. The predicted octanol–water partition coefficient (Wildman–Crippen LogP) is 2.33. The average molecular weight is 263 g/mol. The van der Waals surface area contributed by atoms with Crippen LogP contribution in [-0.4, -0.2) is 19.7 Å². The Labute approximate surface area is 100 Å². The van der Waals surface area contributed by atoms with Crippen LogP contribution in [0, 0.1) is 17.3 Å². The predicted molar refractivity (Wildman–Crippen MR) is 59.4 cm³/mol. The van der Waals surface area contributed by atoms with Gasteiger partial charge < -0.3 is 4.55 Å². The van der Waals surface area contributed by atoms with Crippen molar-refractivity contribution >= 4 is 22.6 Å². The van der Waals surface area contributed by atoms with Gasteiger partial charge in [0.15, 0.2) is 16.2 Å². The van der Waals surface area contributed by atoms with Crippen LogP contribution in [-0.2, 0) is 11.0 Å². The average Bonchev–Trinajstić information content (AvgIpc) is 2.22. The topological polar surface area (TPSA) is 59.9 Å². The zero-order valence-corrected chi connectivity index (χ0v) is 10.3. The van der Waals surface area contributed by atoms with E-state index in [1.165, 1.54) is 18.5 Å². The molecule has 0 amide bonds.